The van der Waals surface area contributed by atoms with Crippen molar-refractivity contribution in [1.82, 2.24) is 10.2 Å². The average molecular weight is 395 g/mol. The van der Waals surface area contributed by atoms with Crippen LogP contribution in [0, 0.1) is 17.6 Å². The minimum absolute atomic E-state index is 0.242. The Morgan fingerprint density at radius 2 is 1.67 bits per heavy atom. The molecule has 0 radical (unpaired) electrons. The van der Waals surface area contributed by atoms with Crippen molar-refractivity contribution in [2.75, 3.05) is 7.05 Å². The number of carbonyl (C=O) groups excluding carboxylic acids is 2. The van der Waals surface area contributed by atoms with Gasteiger partial charge in [-0.2, -0.15) is 0 Å². The van der Waals surface area contributed by atoms with Crippen molar-refractivity contribution in [2.24, 2.45) is 5.92 Å². The van der Waals surface area contributed by atoms with Gasteiger partial charge in [0.25, 0.3) is 5.91 Å². The lowest BCUT2D eigenvalue weighted by molar-refractivity contribution is -0.133. The Morgan fingerprint density at radius 3 is 2.22 bits per heavy atom. The van der Waals surface area contributed by atoms with Gasteiger partial charge in [0.15, 0.2) is 0 Å². The van der Waals surface area contributed by atoms with E-state index in [1.54, 1.807) is 39.1 Å². The highest BCUT2D eigenvalue weighted by molar-refractivity contribution is 6.31. The summed E-state index contributed by atoms with van der Waals surface area (Å²) in [5, 5.41) is 2.98. The molecule has 0 saturated heterocycles. The van der Waals surface area contributed by atoms with Gasteiger partial charge in [-0.05, 0) is 29.7 Å². The van der Waals surface area contributed by atoms with Crippen LogP contribution in [0.4, 0.5) is 8.78 Å². The maximum atomic E-state index is 13.8. The summed E-state index contributed by atoms with van der Waals surface area (Å²) >= 11 is 6.12. The molecule has 2 aromatic rings. The summed E-state index contributed by atoms with van der Waals surface area (Å²) in [5.41, 5.74) is 0.0497. The summed E-state index contributed by atoms with van der Waals surface area (Å²) in [4.78, 5) is 26.6. The van der Waals surface area contributed by atoms with Gasteiger partial charge >= 0.3 is 0 Å². The van der Waals surface area contributed by atoms with Crippen molar-refractivity contribution >= 4 is 23.4 Å². The lowest BCUT2D eigenvalue weighted by atomic mass is 10.0. The number of halogens is 3. The molecule has 1 N–H and O–H groups in total. The largest absolute Gasteiger partial charge is 0.340 e. The van der Waals surface area contributed by atoms with Crippen LogP contribution in [0.1, 0.15) is 29.8 Å². The first-order valence-electron chi connectivity index (χ1n) is 8.45. The number of nitrogens with zero attached hydrogens (tertiary/aromatic N) is 1. The first-order valence-corrected chi connectivity index (χ1v) is 8.83. The van der Waals surface area contributed by atoms with E-state index >= 15 is 0 Å². The molecule has 4 nitrogen and oxygen atoms in total. The van der Waals surface area contributed by atoms with Crippen molar-refractivity contribution < 1.29 is 18.4 Å². The van der Waals surface area contributed by atoms with E-state index in [1.807, 2.05) is 6.07 Å². The van der Waals surface area contributed by atoms with Gasteiger partial charge in [0.1, 0.15) is 23.2 Å². The fraction of sp³-hybridized carbons (Fsp3) is 0.300. The quantitative estimate of drug-likeness (QED) is 0.804. The van der Waals surface area contributed by atoms with Gasteiger partial charge in [0, 0.05) is 18.6 Å². The normalized spacial score (nSPS) is 12.0. The molecule has 2 amide bonds. The molecule has 2 aromatic carbocycles. The third-order valence-corrected chi connectivity index (χ3v) is 4.52. The first-order chi connectivity index (χ1) is 12.7. The highest BCUT2D eigenvalue weighted by Gasteiger charge is 2.29. The minimum atomic E-state index is -0.980. The van der Waals surface area contributed by atoms with E-state index in [4.69, 9.17) is 11.6 Å². The summed E-state index contributed by atoms with van der Waals surface area (Å²) in [5.74, 6) is -3.59. The average Bonchev–Trinajstić information content (AvgIpc) is 2.60. The van der Waals surface area contributed by atoms with E-state index in [2.05, 4.69) is 5.32 Å². The van der Waals surface area contributed by atoms with Crippen LogP contribution in [0.15, 0.2) is 42.5 Å². The van der Waals surface area contributed by atoms with E-state index in [1.165, 1.54) is 11.0 Å². The Bertz CT molecular complexity index is 822. The number of hydrogen-bond acceptors (Lipinski definition) is 2. The van der Waals surface area contributed by atoms with Crippen LogP contribution in [0.5, 0.6) is 0 Å². The Hall–Kier alpha value is -2.47. The molecule has 27 heavy (non-hydrogen) atoms. The summed E-state index contributed by atoms with van der Waals surface area (Å²) < 4.78 is 27.7. The fourth-order valence-electron chi connectivity index (χ4n) is 2.64. The lowest BCUT2D eigenvalue weighted by Gasteiger charge is -2.27. The number of hydrogen-bond donors (Lipinski definition) is 1. The molecule has 144 valence electrons. The standard InChI is InChI=1S/C20H21ClF2N2O2/c1-12(2)18(24-19(26)17-15(22)9-6-10-16(17)23)20(27)25(3)11-13-7-4-5-8-14(13)21/h4-10,12,18H,11H2,1-3H3,(H,24,26). The Morgan fingerprint density at radius 1 is 1.07 bits per heavy atom. The SMILES string of the molecule is CC(C)C(NC(=O)c1c(F)cccc1F)C(=O)N(C)Cc1ccccc1Cl. The molecule has 0 bridgehead atoms. The minimum Gasteiger partial charge on any atom is -0.340 e. The van der Waals surface area contributed by atoms with E-state index < -0.39 is 29.1 Å². The second kappa shape index (κ2) is 8.95. The second-order valence-electron chi connectivity index (χ2n) is 6.58. The van der Waals surface area contributed by atoms with Gasteiger partial charge in [-0.3, -0.25) is 9.59 Å². The third-order valence-electron chi connectivity index (χ3n) is 4.15. The molecule has 0 aliphatic rings. The number of carbonyl (C=O) groups is 2. The second-order valence-corrected chi connectivity index (χ2v) is 6.98. The Balaban J connectivity index is 2.17. The molecular formula is C20H21ClF2N2O2. The van der Waals surface area contributed by atoms with Crippen molar-refractivity contribution in [2.45, 2.75) is 26.4 Å². The maximum Gasteiger partial charge on any atom is 0.257 e. The van der Waals surface area contributed by atoms with Crippen LogP contribution in [0.2, 0.25) is 5.02 Å². The number of rotatable bonds is 6. The topological polar surface area (TPSA) is 49.4 Å². The zero-order valence-electron chi connectivity index (χ0n) is 15.3. The molecule has 0 saturated carbocycles. The van der Waals surface area contributed by atoms with Crippen LogP contribution in [0.25, 0.3) is 0 Å². The number of amides is 2. The molecular weight excluding hydrogens is 374 g/mol. The monoisotopic (exact) mass is 394 g/mol. The van der Waals surface area contributed by atoms with Gasteiger partial charge < -0.3 is 10.2 Å². The molecule has 0 aromatic heterocycles. The van der Waals surface area contributed by atoms with Gasteiger partial charge in [0.2, 0.25) is 5.91 Å². The Kier molecular flexibility index (Phi) is 6.91. The predicted octanol–water partition coefficient (Wildman–Crippen LogP) is 4.03. The van der Waals surface area contributed by atoms with Crippen molar-refractivity contribution in [3.63, 3.8) is 0 Å². The van der Waals surface area contributed by atoms with Crippen LogP contribution in [-0.2, 0) is 11.3 Å². The van der Waals surface area contributed by atoms with Crippen LogP contribution in [0.3, 0.4) is 0 Å². The molecule has 0 spiro atoms. The molecule has 0 fully saturated rings. The number of likely N-dealkylation sites (N-methyl/N-ethyl adjacent to an activating group) is 1. The van der Waals surface area contributed by atoms with E-state index in [0.29, 0.717) is 5.02 Å². The van der Waals surface area contributed by atoms with E-state index in [0.717, 1.165) is 17.7 Å². The summed E-state index contributed by atoms with van der Waals surface area (Å²) in [7, 11) is 1.58. The van der Waals surface area contributed by atoms with Crippen LogP contribution < -0.4 is 5.32 Å². The van der Waals surface area contributed by atoms with Crippen LogP contribution in [-0.4, -0.2) is 29.8 Å². The molecule has 0 aliphatic heterocycles. The fourth-order valence-corrected chi connectivity index (χ4v) is 2.83. The third kappa shape index (κ3) is 5.04. The molecule has 0 heterocycles. The maximum absolute atomic E-state index is 13.8. The number of nitrogens with one attached hydrogen (secondary N) is 1. The van der Waals surface area contributed by atoms with Gasteiger partial charge in [-0.25, -0.2) is 8.78 Å². The molecule has 2 rings (SSSR count). The van der Waals surface area contributed by atoms with E-state index in [-0.39, 0.29) is 18.4 Å². The predicted molar refractivity (Wildman–Crippen MR) is 100 cm³/mol. The summed E-state index contributed by atoms with van der Waals surface area (Å²) in [6.07, 6.45) is 0. The summed E-state index contributed by atoms with van der Waals surface area (Å²) in [6.45, 7) is 3.72. The van der Waals surface area contributed by atoms with Gasteiger partial charge in [-0.15, -0.1) is 0 Å². The van der Waals surface area contributed by atoms with E-state index in [9.17, 15) is 18.4 Å². The summed E-state index contributed by atoms with van der Waals surface area (Å²) in [6, 6.07) is 9.33. The van der Waals surface area contributed by atoms with Crippen molar-refractivity contribution in [1.29, 1.82) is 0 Å². The van der Waals surface area contributed by atoms with Gasteiger partial charge in [-0.1, -0.05) is 49.7 Å². The van der Waals surface area contributed by atoms with Crippen molar-refractivity contribution in [3.8, 4) is 0 Å². The lowest BCUT2D eigenvalue weighted by Crippen LogP contribution is -2.50. The molecule has 1 atom stereocenters. The highest BCUT2D eigenvalue weighted by atomic mass is 35.5. The molecule has 7 heteroatoms. The zero-order valence-corrected chi connectivity index (χ0v) is 16.1. The number of benzene rings is 2. The smallest absolute Gasteiger partial charge is 0.257 e. The van der Waals surface area contributed by atoms with Gasteiger partial charge in [0.05, 0.1) is 0 Å². The molecule has 1 unspecified atom stereocenters. The zero-order chi connectivity index (χ0) is 20.1. The Labute approximate surface area is 162 Å². The van der Waals surface area contributed by atoms with Crippen molar-refractivity contribution in [3.05, 3.63) is 70.2 Å². The van der Waals surface area contributed by atoms with Crippen LogP contribution >= 0.6 is 11.6 Å². The first kappa shape index (κ1) is 20.8. The highest BCUT2D eigenvalue weighted by Crippen LogP contribution is 2.18. The molecule has 0 aliphatic carbocycles.